The fraction of sp³-hybridized carbons (Fsp3) is 0.761. The van der Waals surface area contributed by atoms with E-state index in [4.69, 9.17) is 4.74 Å². The second-order valence-corrected chi connectivity index (χ2v) is 16.9. The van der Waals surface area contributed by atoms with Crippen molar-refractivity contribution in [1.82, 2.24) is 0 Å². The lowest BCUT2D eigenvalue weighted by Crippen LogP contribution is -2.38. The largest absolute Gasteiger partial charge is 0.433 e. The molecular formula is C46H76O3. The monoisotopic (exact) mass is 677 g/mol. The molecule has 0 spiro atoms. The van der Waals surface area contributed by atoms with E-state index >= 15 is 0 Å². The maximum absolute atomic E-state index is 12.8. The molecule has 3 saturated carbocycles. The minimum Gasteiger partial charge on any atom is -0.433 e. The van der Waals surface area contributed by atoms with E-state index < -0.39 is 5.79 Å². The van der Waals surface area contributed by atoms with Crippen LogP contribution >= 0.6 is 0 Å². The number of unbranched alkanes of at least 4 members (excludes halogenated alkanes) is 11. The van der Waals surface area contributed by atoms with Crippen molar-refractivity contribution in [2.45, 2.75) is 189 Å². The van der Waals surface area contributed by atoms with Crippen molar-refractivity contribution in [3.8, 4) is 0 Å². The lowest BCUT2D eigenvalue weighted by molar-refractivity contribution is -0.213. The second kappa shape index (κ2) is 21.5. The third-order valence-corrected chi connectivity index (χ3v) is 12.6. The van der Waals surface area contributed by atoms with Crippen LogP contribution in [-0.4, -0.2) is 16.9 Å². The van der Waals surface area contributed by atoms with Crippen LogP contribution in [0.3, 0.4) is 0 Å². The molecule has 278 valence electrons. The number of hydrogen-bond acceptors (Lipinski definition) is 3. The highest BCUT2D eigenvalue weighted by atomic mass is 16.7. The summed E-state index contributed by atoms with van der Waals surface area (Å²) in [7, 11) is 0. The van der Waals surface area contributed by atoms with Gasteiger partial charge in [0, 0.05) is 19.3 Å². The number of hydrogen-bond donors (Lipinski definition) is 1. The van der Waals surface area contributed by atoms with Gasteiger partial charge in [-0.1, -0.05) is 147 Å². The highest BCUT2D eigenvalue weighted by Crippen LogP contribution is 2.59. The van der Waals surface area contributed by atoms with Gasteiger partial charge in [-0.25, -0.2) is 0 Å². The summed E-state index contributed by atoms with van der Waals surface area (Å²) in [6, 6.07) is 0. The molecule has 3 aliphatic carbocycles. The number of carbonyl (C=O) groups excluding carboxylic acids is 1. The average molecular weight is 677 g/mol. The van der Waals surface area contributed by atoms with Gasteiger partial charge in [-0.05, 0) is 111 Å². The Labute approximate surface area is 303 Å². The van der Waals surface area contributed by atoms with E-state index in [1.165, 1.54) is 83.5 Å². The van der Waals surface area contributed by atoms with Gasteiger partial charge in [0.2, 0.25) is 5.79 Å². The van der Waals surface area contributed by atoms with Crippen molar-refractivity contribution in [2.75, 3.05) is 0 Å². The Hall–Kier alpha value is -1.87. The third-order valence-electron chi connectivity index (χ3n) is 12.6. The van der Waals surface area contributed by atoms with Crippen LogP contribution < -0.4 is 0 Å². The first-order valence-corrected chi connectivity index (χ1v) is 20.8. The summed E-state index contributed by atoms with van der Waals surface area (Å²) in [6.45, 7) is 18.5. The summed E-state index contributed by atoms with van der Waals surface area (Å²) in [5.41, 5.74) is 4.02. The molecule has 1 N–H and O–H groups in total. The fourth-order valence-electron chi connectivity index (χ4n) is 8.94. The van der Waals surface area contributed by atoms with Gasteiger partial charge < -0.3 is 9.84 Å². The minimum absolute atomic E-state index is 0.267. The molecule has 0 bridgehead atoms. The van der Waals surface area contributed by atoms with Gasteiger partial charge in [0.1, 0.15) is 0 Å². The molecule has 0 aromatic heterocycles. The summed E-state index contributed by atoms with van der Waals surface area (Å²) >= 11 is 0. The molecule has 0 saturated heterocycles. The SMILES string of the molecule is C=C1CC[C@](O)(OC(=O)CCCCCCC/C=C\CCCCCCCC)C/C1=C/C=C1\CCC[C@]2(C)[C@@H]([C@H](C)/C=C/[C@H](C)C(C)C)CC[C@@H]12. The molecule has 6 atom stereocenters. The Bertz CT molecular complexity index is 1120. The molecular weight excluding hydrogens is 601 g/mol. The molecule has 0 heterocycles. The van der Waals surface area contributed by atoms with Crippen LogP contribution in [0.4, 0.5) is 0 Å². The predicted octanol–water partition coefficient (Wildman–Crippen LogP) is 13.5. The molecule has 0 aromatic carbocycles. The highest BCUT2D eigenvalue weighted by Gasteiger charge is 2.50. The van der Waals surface area contributed by atoms with Gasteiger partial charge >= 0.3 is 5.97 Å². The lowest BCUT2D eigenvalue weighted by atomic mass is 9.61. The van der Waals surface area contributed by atoms with Crippen molar-refractivity contribution < 1.29 is 14.6 Å². The van der Waals surface area contributed by atoms with E-state index in [1.807, 2.05) is 0 Å². The Morgan fingerprint density at radius 1 is 0.878 bits per heavy atom. The van der Waals surface area contributed by atoms with Crippen molar-refractivity contribution in [3.63, 3.8) is 0 Å². The van der Waals surface area contributed by atoms with Crippen molar-refractivity contribution in [1.29, 1.82) is 0 Å². The zero-order valence-corrected chi connectivity index (χ0v) is 32.9. The van der Waals surface area contributed by atoms with Crippen LogP contribution in [0, 0.1) is 35.0 Å². The number of carbonyl (C=O) groups is 1. The molecule has 3 aliphatic rings. The number of fused-ring (bicyclic) bond motifs is 1. The van der Waals surface area contributed by atoms with Crippen LogP contribution in [0.25, 0.3) is 0 Å². The van der Waals surface area contributed by atoms with Crippen LogP contribution in [0.1, 0.15) is 183 Å². The molecule has 0 aromatic rings. The van der Waals surface area contributed by atoms with Gasteiger partial charge in [0.15, 0.2) is 0 Å². The predicted molar refractivity (Wildman–Crippen MR) is 210 cm³/mol. The highest BCUT2D eigenvalue weighted by molar-refractivity contribution is 5.69. The van der Waals surface area contributed by atoms with Crippen LogP contribution in [0.2, 0.25) is 0 Å². The molecule has 0 amide bonds. The molecule has 3 rings (SSSR count). The molecule has 0 unspecified atom stereocenters. The molecule has 3 fully saturated rings. The molecule has 3 nitrogen and oxygen atoms in total. The Balaban J connectivity index is 1.40. The minimum atomic E-state index is -1.42. The lowest BCUT2D eigenvalue weighted by Gasteiger charge is -2.44. The number of ether oxygens (including phenoxy) is 1. The first-order chi connectivity index (χ1) is 23.5. The van der Waals surface area contributed by atoms with Crippen molar-refractivity contribution in [2.24, 2.45) is 35.0 Å². The van der Waals surface area contributed by atoms with E-state index in [1.54, 1.807) is 5.57 Å². The smallest absolute Gasteiger partial charge is 0.308 e. The first-order valence-electron chi connectivity index (χ1n) is 20.8. The second-order valence-electron chi connectivity index (χ2n) is 16.9. The Morgan fingerprint density at radius 2 is 1.53 bits per heavy atom. The molecule has 0 aliphatic heterocycles. The maximum Gasteiger partial charge on any atom is 0.308 e. The summed E-state index contributed by atoms with van der Waals surface area (Å²) in [5.74, 6) is 1.56. The zero-order chi connectivity index (χ0) is 35.7. The van der Waals surface area contributed by atoms with E-state index in [9.17, 15) is 9.90 Å². The number of esters is 1. The standard InChI is InChI=1S/C46H76O3/c1-8-9-10-11-12-13-14-15-16-17-18-19-20-21-22-25-44(47)49-46(48)34-32-38(5)41(35-46)29-28-40-24-23-33-45(7)42(30-31-43(40)45)39(6)27-26-37(4)36(2)3/h15-16,26-29,36-37,39,42-43,48H,5,8-14,17-25,30-35H2,1-4,6-7H3/b16-15-,27-26+,40-28+,41-29-/t37-,39+,42+,43-,45+,46-/m0/s1. The quantitative estimate of drug-likeness (QED) is 0.0569. The van der Waals surface area contributed by atoms with Gasteiger partial charge in [-0.15, -0.1) is 0 Å². The summed E-state index contributed by atoms with van der Waals surface area (Å²) in [5, 5.41) is 11.3. The van der Waals surface area contributed by atoms with E-state index in [2.05, 4.69) is 84.6 Å². The Morgan fingerprint density at radius 3 is 2.20 bits per heavy atom. The van der Waals surface area contributed by atoms with Gasteiger partial charge in [-0.3, -0.25) is 4.79 Å². The number of rotatable bonds is 21. The molecule has 49 heavy (non-hydrogen) atoms. The first kappa shape index (κ1) is 41.5. The van der Waals surface area contributed by atoms with Gasteiger partial charge in [0.05, 0.1) is 0 Å². The number of allylic oxidation sites excluding steroid dienone is 8. The number of aliphatic hydroxyl groups is 1. The zero-order valence-electron chi connectivity index (χ0n) is 32.9. The van der Waals surface area contributed by atoms with E-state index in [-0.39, 0.29) is 5.97 Å². The van der Waals surface area contributed by atoms with Gasteiger partial charge in [-0.2, -0.15) is 0 Å². The summed E-state index contributed by atoms with van der Waals surface area (Å²) in [6.07, 6.45) is 38.4. The van der Waals surface area contributed by atoms with Crippen molar-refractivity contribution in [3.05, 3.63) is 59.8 Å². The van der Waals surface area contributed by atoms with Gasteiger partial charge in [0.25, 0.3) is 0 Å². The fourth-order valence-corrected chi connectivity index (χ4v) is 8.94. The molecule has 3 heteroatoms. The summed E-state index contributed by atoms with van der Waals surface area (Å²) < 4.78 is 5.75. The maximum atomic E-state index is 12.8. The Kier molecular flexibility index (Phi) is 18.2. The van der Waals surface area contributed by atoms with Crippen LogP contribution in [0.15, 0.2) is 59.8 Å². The average Bonchev–Trinajstić information content (AvgIpc) is 3.43. The van der Waals surface area contributed by atoms with Crippen LogP contribution in [-0.2, 0) is 9.53 Å². The van der Waals surface area contributed by atoms with E-state index in [0.717, 1.165) is 49.2 Å². The van der Waals surface area contributed by atoms with Crippen LogP contribution in [0.5, 0.6) is 0 Å². The van der Waals surface area contributed by atoms with Crippen molar-refractivity contribution >= 4 is 5.97 Å². The third kappa shape index (κ3) is 13.6. The normalized spacial score (nSPS) is 29.0. The topological polar surface area (TPSA) is 46.5 Å². The van der Waals surface area contributed by atoms with E-state index in [0.29, 0.717) is 54.8 Å². The summed E-state index contributed by atoms with van der Waals surface area (Å²) in [4.78, 5) is 12.8. The molecule has 0 radical (unpaired) electrons.